The first-order valence-corrected chi connectivity index (χ1v) is 5.18. The van der Waals surface area contributed by atoms with Crippen molar-refractivity contribution in [1.82, 2.24) is 14.9 Å². The Balaban J connectivity index is 1.97. The highest BCUT2D eigenvalue weighted by molar-refractivity contribution is 4.94. The molecular formula is C10H17N3O. The van der Waals surface area contributed by atoms with Gasteiger partial charge >= 0.3 is 0 Å². The Hall–Kier alpha value is -0.870. The van der Waals surface area contributed by atoms with Crippen molar-refractivity contribution in [2.45, 2.75) is 20.0 Å². The average Bonchev–Trinajstić information content (AvgIpc) is 2.54. The van der Waals surface area contributed by atoms with Gasteiger partial charge in [0.05, 0.1) is 13.2 Å². The van der Waals surface area contributed by atoms with Crippen LogP contribution in [0.4, 0.5) is 0 Å². The van der Waals surface area contributed by atoms with Crippen LogP contribution in [-0.2, 0) is 17.8 Å². The maximum atomic E-state index is 5.45. The molecule has 0 saturated carbocycles. The summed E-state index contributed by atoms with van der Waals surface area (Å²) < 4.78 is 7.66. The minimum absolute atomic E-state index is 0.561. The summed E-state index contributed by atoms with van der Waals surface area (Å²) in [5.74, 6) is 1.69. The number of imidazole rings is 1. The largest absolute Gasteiger partial charge is 0.381 e. The quantitative estimate of drug-likeness (QED) is 0.769. The normalized spacial score (nSPS) is 21.6. The van der Waals surface area contributed by atoms with E-state index in [0.29, 0.717) is 5.92 Å². The Morgan fingerprint density at radius 3 is 3.50 bits per heavy atom. The molecule has 78 valence electrons. The fourth-order valence-electron chi connectivity index (χ4n) is 1.80. The highest BCUT2D eigenvalue weighted by Gasteiger charge is 2.15. The van der Waals surface area contributed by atoms with Crippen LogP contribution < -0.4 is 5.32 Å². The maximum Gasteiger partial charge on any atom is 0.122 e. The zero-order valence-corrected chi connectivity index (χ0v) is 8.57. The second-order valence-corrected chi connectivity index (χ2v) is 3.65. The molecular weight excluding hydrogens is 178 g/mol. The van der Waals surface area contributed by atoms with Crippen molar-refractivity contribution in [2.24, 2.45) is 5.92 Å². The van der Waals surface area contributed by atoms with Crippen molar-refractivity contribution in [2.75, 3.05) is 19.8 Å². The van der Waals surface area contributed by atoms with Gasteiger partial charge in [0.25, 0.3) is 0 Å². The zero-order chi connectivity index (χ0) is 9.80. The number of hydrogen-bond acceptors (Lipinski definition) is 3. The Kier molecular flexibility index (Phi) is 3.16. The molecule has 0 aliphatic carbocycles. The van der Waals surface area contributed by atoms with Crippen LogP contribution in [0.15, 0.2) is 12.4 Å². The van der Waals surface area contributed by atoms with E-state index in [0.717, 1.165) is 38.7 Å². The number of nitrogens with zero attached hydrogens (tertiary/aromatic N) is 2. The summed E-state index contributed by atoms with van der Waals surface area (Å²) >= 11 is 0. The third-order valence-corrected chi connectivity index (χ3v) is 2.53. The van der Waals surface area contributed by atoms with Crippen LogP contribution in [0.25, 0.3) is 0 Å². The Bertz CT molecular complexity index is 285. The number of hydrogen-bond donors (Lipinski definition) is 1. The highest BCUT2D eigenvalue weighted by Crippen LogP contribution is 2.09. The van der Waals surface area contributed by atoms with Crippen LogP contribution in [0, 0.1) is 5.92 Å². The van der Waals surface area contributed by atoms with Crippen LogP contribution in [0.2, 0.25) is 0 Å². The fraction of sp³-hybridized carbons (Fsp3) is 0.700. The molecule has 1 aromatic rings. The minimum Gasteiger partial charge on any atom is -0.381 e. The first kappa shape index (κ1) is 9.68. The molecule has 4 nitrogen and oxygen atoms in total. The molecule has 14 heavy (non-hydrogen) atoms. The molecule has 0 amide bonds. The van der Waals surface area contributed by atoms with E-state index in [4.69, 9.17) is 4.74 Å². The second-order valence-electron chi connectivity index (χ2n) is 3.65. The first-order valence-electron chi connectivity index (χ1n) is 5.18. The van der Waals surface area contributed by atoms with Gasteiger partial charge in [-0.05, 0) is 6.92 Å². The van der Waals surface area contributed by atoms with Crippen molar-refractivity contribution in [3.8, 4) is 0 Å². The van der Waals surface area contributed by atoms with E-state index in [1.54, 1.807) is 0 Å². The van der Waals surface area contributed by atoms with Crippen molar-refractivity contribution >= 4 is 0 Å². The SMILES string of the molecule is CCOCC1CNCc2nccn2C1. The van der Waals surface area contributed by atoms with Gasteiger partial charge in [-0.15, -0.1) is 0 Å². The van der Waals surface area contributed by atoms with E-state index < -0.39 is 0 Å². The topological polar surface area (TPSA) is 39.1 Å². The van der Waals surface area contributed by atoms with Crippen LogP contribution >= 0.6 is 0 Å². The molecule has 2 rings (SSSR count). The standard InChI is InChI=1S/C10H17N3O/c1-2-14-8-9-5-11-6-10-12-3-4-13(10)7-9/h3-4,9,11H,2,5-8H2,1H3. The smallest absolute Gasteiger partial charge is 0.122 e. The van der Waals surface area contributed by atoms with E-state index in [9.17, 15) is 0 Å². The third kappa shape index (κ3) is 2.13. The molecule has 1 aromatic heterocycles. The summed E-state index contributed by atoms with van der Waals surface area (Å²) in [6.07, 6.45) is 3.90. The number of nitrogens with one attached hydrogen (secondary N) is 1. The Morgan fingerprint density at radius 1 is 1.71 bits per heavy atom. The number of fused-ring (bicyclic) bond motifs is 1. The molecule has 0 spiro atoms. The van der Waals surface area contributed by atoms with E-state index in [-0.39, 0.29) is 0 Å². The second kappa shape index (κ2) is 4.57. The summed E-state index contributed by atoms with van der Waals surface area (Å²) in [7, 11) is 0. The lowest BCUT2D eigenvalue weighted by Crippen LogP contribution is -2.25. The van der Waals surface area contributed by atoms with Crippen LogP contribution in [0.3, 0.4) is 0 Å². The highest BCUT2D eigenvalue weighted by atomic mass is 16.5. The van der Waals surface area contributed by atoms with Crippen molar-refractivity contribution in [3.63, 3.8) is 0 Å². The monoisotopic (exact) mass is 195 g/mol. The van der Waals surface area contributed by atoms with E-state index >= 15 is 0 Å². The molecule has 0 saturated heterocycles. The molecule has 1 unspecified atom stereocenters. The molecule has 4 heteroatoms. The van der Waals surface area contributed by atoms with Gasteiger partial charge in [0.15, 0.2) is 0 Å². The maximum absolute atomic E-state index is 5.45. The summed E-state index contributed by atoms with van der Waals surface area (Å²) in [4.78, 5) is 4.29. The van der Waals surface area contributed by atoms with Gasteiger partial charge in [0.2, 0.25) is 0 Å². The molecule has 0 radical (unpaired) electrons. The molecule has 1 aliphatic heterocycles. The van der Waals surface area contributed by atoms with Gasteiger partial charge in [-0.3, -0.25) is 0 Å². The predicted molar refractivity (Wildman–Crippen MR) is 53.9 cm³/mol. The lowest BCUT2D eigenvalue weighted by molar-refractivity contribution is 0.105. The minimum atomic E-state index is 0.561. The van der Waals surface area contributed by atoms with Gasteiger partial charge < -0.3 is 14.6 Å². The van der Waals surface area contributed by atoms with Crippen LogP contribution in [-0.4, -0.2) is 29.3 Å². The van der Waals surface area contributed by atoms with Crippen molar-refractivity contribution in [1.29, 1.82) is 0 Å². The number of aromatic nitrogens is 2. The Morgan fingerprint density at radius 2 is 2.64 bits per heavy atom. The molecule has 1 atom stereocenters. The molecule has 0 fully saturated rings. The molecule has 0 aromatic carbocycles. The lowest BCUT2D eigenvalue weighted by Gasteiger charge is -2.14. The Labute approximate surface area is 84.3 Å². The van der Waals surface area contributed by atoms with Gasteiger partial charge in [0.1, 0.15) is 5.82 Å². The van der Waals surface area contributed by atoms with Crippen molar-refractivity contribution < 1.29 is 4.74 Å². The summed E-state index contributed by atoms with van der Waals surface area (Å²) in [5, 5.41) is 3.39. The molecule has 1 N–H and O–H groups in total. The summed E-state index contributed by atoms with van der Waals surface area (Å²) in [6, 6.07) is 0. The average molecular weight is 195 g/mol. The first-order chi connectivity index (χ1) is 6.90. The van der Waals surface area contributed by atoms with Crippen molar-refractivity contribution in [3.05, 3.63) is 18.2 Å². The summed E-state index contributed by atoms with van der Waals surface area (Å²) in [5.41, 5.74) is 0. The number of ether oxygens (including phenoxy) is 1. The molecule has 1 aliphatic rings. The zero-order valence-electron chi connectivity index (χ0n) is 8.57. The van der Waals surface area contributed by atoms with Gasteiger partial charge in [-0.2, -0.15) is 0 Å². The van der Waals surface area contributed by atoms with E-state index in [1.807, 2.05) is 19.3 Å². The summed E-state index contributed by atoms with van der Waals surface area (Å²) in [6.45, 7) is 6.57. The number of rotatable bonds is 3. The van der Waals surface area contributed by atoms with E-state index in [2.05, 4.69) is 14.9 Å². The molecule has 2 heterocycles. The van der Waals surface area contributed by atoms with Gasteiger partial charge in [0, 0.05) is 38.0 Å². The third-order valence-electron chi connectivity index (χ3n) is 2.53. The lowest BCUT2D eigenvalue weighted by atomic mass is 10.1. The fourth-order valence-corrected chi connectivity index (χ4v) is 1.80. The predicted octanol–water partition coefficient (Wildman–Crippen LogP) is 0.639. The van der Waals surface area contributed by atoms with Gasteiger partial charge in [-0.1, -0.05) is 0 Å². The van der Waals surface area contributed by atoms with Crippen LogP contribution in [0.5, 0.6) is 0 Å². The van der Waals surface area contributed by atoms with Crippen LogP contribution in [0.1, 0.15) is 12.7 Å². The van der Waals surface area contributed by atoms with E-state index in [1.165, 1.54) is 0 Å². The van der Waals surface area contributed by atoms with Gasteiger partial charge in [-0.25, -0.2) is 4.98 Å². The molecule has 0 bridgehead atoms.